The first-order chi connectivity index (χ1) is 13.4. The third-order valence-corrected chi connectivity index (χ3v) is 4.25. The number of imide groups is 1. The van der Waals surface area contributed by atoms with Gasteiger partial charge in [0.1, 0.15) is 5.75 Å². The molecule has 8 heteroatoms. The van der Waals surface area contributed by atoms with Gasteiger partial charge < -0.3 is 20.0 Å². The van der Waals surface area contributed by atoms with Crippen molar-refractivity contribution in [3.05, 3.63) is 59.2 Å². The highest BCUT2D eigenvalue weighted by Crippen LogP contribution is 2.26. The molecule has 0 atom stereocenters. The van der Waals surface area contributed by atoms with Crippen LogP contribution in [0.15, 0.2) is 42.5 Å². The second-order valence-electron chi connectivity index (χ2n) is 6.25. The summed E-state index contributed by atoms with van der Waals surface area (Å²) in [5.74, 6) is -2.35. The molecule has 144 valence electrons. The quantitative estimate of drug-likeness (QED) is 0.708. The van der Waals surface area contributed by atoms with Gasteiger partial charge in [-0.3, -0.25) is 19.3 Å². The van der Waals surface area contributed by atoms with Crippen LogP contribution in [0.2, 0.25) is 0 Å². The van der Waals surface area contributed by atoms with Crippen molar-refractivity contribution >= 4 is 29.4 Å². The molecule has 2 aromatic rings. The van der Waals surface area contributed by atoms with Crippen LogP contribution in [-0.2, 0) is 9.59 Å². The molecule has 2 aromatic carbocycles. The molecule has 1 heterocycles. The maximum Gasteiger partial charge on any atom is 0.262 e. The highest BCUT2D eigenvalue weighted by Gasteiger charge is 2.35. The Kier molecular flexibility index (Phi) is 5.39. The average molecular weight is 381 g/mol. The van der Waals surface area contributed by atoms with Crippen LogP contribution in [0, 0.1) is 6.92 Å². The van der Waals surface area contributed by atoms with E-state index in [0.717, 1.165) is 10.5 Å². The number of nitrogens with zero attached hydrogens (tertiary/aromatic N) is 1. The number of carboxylic acid groups (broad SMARTS) is 1. The SMILES string of the molecule is Cc1ccccc1OCC(=O)Nc1ccc2c(c1)C(=O)N(CCC(=O)[O-])C2=O. The zero-order chi connectivity index (χ0) is 20.3. The predicted octanol–water partition coefficient (Wildman–Crippen LogP) is 0.749. The fourth-order valence-electron chi connectivity index (χ4n) is 2.83. The van der Waals surface area contributed by atoms with Gasteiger partial charge in [0.15, 0.2) is 6.61 Å². The number of carbonyl (C=O) groups is 4. The van der Waals surface area contributed by atoms with Gasteiger partial charge in [0.05, 0.1) is 11.1 Å². The maximum atomic E-state index is 12.4. The minimum atomic E-state index is -1.35. The van der Waals surface area contributed by atoms with E-state index in [-0.39, 0.29) is 24.3 Å². The number of benzene rings is 2. The first kappa shape index (κ1) is 19.1. The molecule has 3 amide bonds. The first-order valence-corrected chi connectivity index (χ1v) is 8.55. The number of carboxylic acids is 1. The summed E-state index contributed by atoms with van der Waals surface area (Å²) < 4.78 is 5.47. The number of amides is 3. The third kappa shape index (κ3) is 4.01. The fraction of sp³-hybridized carbons (Fsp3) is 0.200. The van der Waals surface area contributed by atoms with Crippen LogP contribution in [0.25, 0.3) is 0 Å². The summed E-state index contributed by atoms with van der Waals surface area (Å²) in [6.07, 6.45) is -0.439. The fourth-order valence-corrected chi connectivity index (χ4v) is 2.83. The molecule has 0 bridgehead atoms. The second-order valence-corrected chi connectivity index (χ2v) is 6.25. The van der Waals surface area contributed by atoms with Gasteiger partial charge in [-0.1, -0.05) is 18.2 Å². The summed E-state index contributed by atoms with van der Waals surface area (Å²) >= 11 is 0. The van der Waals surface area contributed by atoms with Gasteiger partial charge in [0.25, 0.3) is 17.7 Å². The summed E-state index contributed by atoms with van der Waals surface area (Å²) in [7, 11) is 0. The Morgan fingerprint density at radius 2 is 1.79 bits per heavy atom. The van der Waals surface area contributed by atoms with E-state index in [1.54, 1.807) is 12.1 Å². The molecule has 0 unspecified atom stereocenters. The zero-order valence-electron chi connectivity index (χ0n) is 15.1. The number of anilines is 1. The van der Waals surface area contributed by atoms with Gasteiger partial charge in [-0.15, -0.1) is 0 Å². The predicted molar refractivity (Wildman–Crippen MR) is 96.7 cm³/mol. The number of nitrogens with one attached hydrogen (secondary N) is 1. The van der Waals surface area contributed by atoms with Crippen LogP contribution in [0.4, 0.5) is 5.69 Å². The van der Waals surface area contributed by atoms with Gasteiger partial charge >= 0.3 is 0 Å². The molecule has 28 heavy (non-hydrogen) atoms. The summed E-state index contributed by atoms with van der Waals surface area (Å²) in [5.41, 5.74) is 1.51. The molecule has 0 aliphatic carbocycles. The third-order valence-electron chi connectivity index (χ3n) is 4.25. The minimum Gasteiger partial charge on any atom is -0.550 e. The van der Waals surface area contributed by atoms with Gasteiger partial charge in [-0.05, 0) is 36.8 Å². The van der Waals surface area contributed by atoms with E-state index in [2.05, 4.69) is 5.32 Å². The van der Waals surface area contributed by atoms with Crippen LogP contribution in [0.5, 0.6) is 5.75 Å². The monoisotopic (exact) mass is 381 g/mol. The molecular formula is C20H17N2O6-. The molecule has 0 fully saturated rings. The lowest BCUT2D eigenvalue weighted by atomic mass is 10.1. The van der Waals surface area contributed by atoms with Crippen LogP contribution in [0.3, 0.4) is 0 Å². The number of aliphatic carboxylic acids is 1. The van der Waals surface area contributed by atoms with Gasteiger partial charge in [0.2, 0.25) is 0 Å². The number of hydrogen-bond donors (Lipinski definition) is 1. The number of hydrogen-bond acceptors (Lipinski definition) is 6. The van der Waals surface area contributed by atoms with Crippen LogP contribution in [-0.4, -0.2) is 41.7 Å². The Morgan fingerprint density at radius 3 is 2.50 bits per heavy atom. The topological polar surface area (TPSA) is 116 Å². The molecule has 0 saturated carbocycles. The molecule has 8 nitrogen and oxygen atoms in total. The number of carbonyl (C=O) groups excluding carboxylic acids is 4. The van der Waals surface area contributed by atoms with Gasteiger partial charge in [0, 0.05) is 24.6 Å². The molecule has 1 aliphatic heterocycles. The number of ether oxygens (including phenoxy) is 1. The molecule has 0 radical (unpaired) electrons. The summed E-state index contributed by atoms with van der Waals surface area (Å²) in [6, 6.07) is 11.6. The van der Waals surface area contributed by atoms with E-state index >= 15 is 0 Å². The molecular weight excluding hydrogens is 364 g/mol. The number of fused-ring (bicyclic) bond motifs is 1. The molecule has 0 saturated heterocycles. The zero-order valence-corrected chi connectivity index (χ0v) is 15.1. The van der Waals surface area contributed by atoms with E-state index in [1.165, 1.54) is 18.2 Å². The maximum absolute atomic E-state index is 12.4. The summed E-state index contributed by atoms with van der Waals surface area (Å²) in [4.78, 5) is 48.1. The number of aryl methyl sites for hydroxylation is 1. The van der Waals surface area contributed by atoms with Crippen LogP contribution >= 0.6 is 0 Å². The number of rotatable bonds is 7. The van der Waals surface area contributed by atoms with Crippen LogP contribution < -0.4 is 15.2 Å². The van der Waals surface area contributed by atoms with Crippen molar-refractivity contribution < 1.29 is 29.0 Å². The Morgan fingerprint density at radius 1 is 1.07 bits per heavy atom. The lowest BCUT2D eigenvalue weighted by Crippen LogP contribution is -2.34. The highest BCUT2D eigenvalue weighted by atomic mass is 16.5. The molecule has 1 N–H and O–H groups in total. The van der Waals surface area contributed by atoms with Crippen molar-refractivity contribution in [2.45, 2.75) is 13.3 Å². The van der Waals surface area contributed by atoms with Crippen molar-refractivity contribution in [1.82, 2.24) is 4.90 Å². The smallest absolute Gasteiger partial charge is 0.262 e. The van der Waals surface area contributed by atoms with E-state index in [9.17, 15) is 24.3 Å². The molecule has 0 aromatic heterocycles. The van der Waals surface area contributed by atoms with E-state index < -0.39 is 30.1 Å². The van der Waals surface area contributed by atoms with Crippen molar-refractivity contribution in [3.8, 4) is 5.75 Å². The lowest BCUT2D eigenvalue weighted by molar-refractivity contribution is -0.305. The van der Waals surface area contributed by atoms with Crippen molar-refractivity contribution in [1.29, 1.82) is 0 Å². The van der Waals surface area contributed by atoms with Crippen molar-refractivity contribution in [3.63, 3.8) is 0 Å². The normalized spacial score (nSPS) is 12.7. The Bertz CT molecular complexity index is 969. The molecule has 0 spiro atoms. The first-order valence-electron chi connectivity index (χ1n) is 8.55. The van der Waals surface area contributed by atoms with Crippen molar-refractivity contribution in [2.24, 2.45) is 0 Å². The average Bonchev–Trinajstić information content (AvgIpc) is 2.89. The summed E-state index contributed by atoms with van der Waals surface area (Å²) in [6.45, 7) is 1.38. The largest absolute Gasteiger partial charge is 0.550 e. The van der Waals surface area contributed by atoms with E-state index in [0.29, 0.717) is 11.4 Å². The second kappa shape index (κ2) is 7.91. The number of para-hydroxylation sites is 1. The van der Waals surface area contributed by atoms with Crippen LogP contribution in [0.1, 0.15) is 32.7 Å². The molecule has 1 aliphatic rings. The highest BCUT2D eigenvalue weighted by molar-refractivity contribution is 6.22. The Labute approximate surface area is 160 Å². The van der Waals surface area contributed by atoms with E-state index in [4.69, 9.17) is 4.74 Å². The standard InChI is InChI=1S/C20H18N2O6/c1-12-4-2-3-5-16(12)28-11-17(23)21-13-6-7-14-15(10-13)20(27)22(19(14)26)9-8-18(24)25/h2-7,10H,8-9,11H2,1H3,(H,21,23)(H,24,25)/p-1. The van der Waals surface area contributed by atoms with E-state index in [1.807, 2.05) is 19.1 Å². The summed E-state index contributed by atoms with van der Waals surface area (Å²) in [5, 5.41) is 13.2. The lowest BCUT2D eigenvalue weighted by Gasteiger charge is -2.13. The molecule has 3 rings (SSSR count). The van der Waals surface area contributed by atoms with Crippen molar-refractivity contribution in [2.75, 3.05) is 18.5 Å². The van der Waals surface area contributed by atoms with Gasteiger partial charge in [-0.2, -0.15) is 0 Å². The minimum absolute atomic E-state index is 0.112. The Balaban J connectivity index is 1.65. The van der Waals surface area contributed by atoms with Gasteiger partial charge in [-0.25, -0.2) is 0 Å². The Hall–Kier alpha value is -3.68.